The van der Waals surface area contributed by atoms with E-state index in [0.717, 1.165) is 32.1 Å². The number of hydrogen-bond acceptors (Lipinski definition) is 2. The van der Waals surface area contributed by atoms with Crippen LogP contribution in [0.5, 0.6) is 0 Å². The van der Waals surface area contributed by atoms with Gasteiger partial charge in [0.25, 0.3) is 0 Å². The lowest BCUT2D eigenvalue weighted by Gasteiger charge is -2.09. The predicted octanol–water partition coefficient (Wildman–Crippen LogP) is 3.47. The summed E-state index contributed by atoms with van der Waals surface area (Å²) in [5.41, 5.74) is 0. The summed E-state index contributed by atoms with van der Waals surface area (Å²) in [6.45, 7) is 1.89. The lowest BCUT2D eigenvalue weighted by Crippen LogP contribution is -2.12. The zero-order valence-corrected chi connectivity index (χ0v) is 11.1. The van der Waals surface area contributed by atoms with Crippen molar-refractivity contribution < 1.29 is 19.8 Å². The van der Waals surface area contributed by atoms with Crippen molar-refractivity contribution in [3.05, 3.63) is 12.2 Å². The van der Waals surface area contributed by atoms with E-state index in [0.29, 0.717) is 12.8 Å². The van der Waals surface area contributed by atoms with Crippen LogP contribution in [0.4, 0.5) is 0 Å². The van der Waals surface area contributed by atoms with Crippen LogP contribution in [0.2, 0.25) is 0 Å². The van der Waals surface area contributed by atoms with Crippen molar-refractivity contribution in [2.24, 2.45) is 5.92 Å². The maximum absolute atomic E-state index is 10.9. The quantitative estimate of drug-likeness (QED) is 0.438. The molecule has 0 amide bonds. The average molecular weight is 256 g/mol. The zero-order valence-electron chi connectivity index (χ0n) is 11.1. The molecule has 0 spiro atoms. The number of carboxylic acid groups (broad SMARTS) is 2. The Morgan fingerprint density at radius 2 is 1.67 bits per heavy atom. The molecule has 4 nitrogen and oxygen atoms in total. The summed E-state index contributed by atoms with van der Waals surface area (Å²) in [7, 11) is 0. The first-order valence-electron chi connectivity index (χ1n) is 6.63. The Bertz CT molecular complexity index is 271. The van der Waals surface area contributed by atoms with Gasteiger partial charge in [-0.1, -0.05) is 37.8 Å². The number of allylic oxidation sites excluding steroid dienone is 2. The van der Waals surface area contributed by atoms with Crippen LogP contribution in [0.3, 0.4) is 0 Å². The van der Waals surface area contributed by atoms with E-state index in [4.69, 9.17) is 10.2 Å². The molecule has 4 heteroatoms. The van der Waals surface area contributed by atoms with Gasteiger partial charge < -0.3 is 10.2 Å². The van der Waals surface area contributed by atoms with Crippen LogP contribution in [0, 0.1) is 5.92 Å². The molecular formula is C14H24O4. The first-order valence-corrected chi connectivity index (χ1v) is 6.63. The molecule has 1 atom stereocenters. The molecule has 0 saturated heterocycles. The fourth-order valence-electron chi connectivity index (χ4n) is 1.84. The molecule has 0 aromatic carbocycles. The summed E-state index contributed by atoms with van der Waals surface area (Å²) in [4.78, 5) is 21.2. The summed E-state index contributed by atoms with van der Waals surface area (Å²) >= 11 is 0. The molecule has 0 aromatic rings. The van der Waals surface area contributed by atoms with E-state index in [1.807, 2.05) is 19.1 Å². The van der Waals surface area contributed by atoms with Crippen LogP contribution in [0.25, 0.3) is 0 Å². The molecule has 2 N–H and O–H groups in total. The first kappa shape index (κ1) is 16.7. The summed E-state index contributed by atoms with van der Waals surface area (Å²) in [5, 5.41) is 17.5. The van der Waals surface area contributed by atoms with Gasteiger partial charge in [0.2, 0.25) is 0 Å². The van der Waals surface area contributed by atoms with E-state index in [9.17, 15) is 9.59 Å². The Morgan fingerprint density at radius 1 is 1.06 bits per heavy atom. The van der Waals surface area contributed by atoms with Crippen molar-refractivity contribution in [1.82, 2.24) is 0 Å². The van der Waals surface area contributed by atoms with Crippen LogP contribution in [0.15, 0.2) is 12.2 Å². The second-order valence-electron chi connectivity index (χ2n) is 4.54. The normalized spacial score (nSPS) is 12.7. The Kier molecular flexibility index (Phi) is 10.0. The molecule has 104 valence electrons. The number of hydrogen-bond donors (Lipinski definition) is 2. The lowest BCUT2D eigenvalue weighted by atomic mass is 9.97. The maximum atomic E-state index is 10.9. The Morgan fingerprint density at radius 3 is 2.22 bits per heavy atom. The molecule has 0 fully saturated rings. The third-order valence-corrected chi connectivity index (χ3v) is 2.95. The largest absolute Gasteiger partial charge is 0.481 e. The lowest BCUT2D eigenvalue weighted by molar-refractivity contribution is -0.142. The minimum atomic E-state index is -0.743. The van der Waals surface area contributed by atoms with Crippen LogP contribution in [-0.4, -0.2) is 22.2 Å². The molecule has 0 bridgehead atoms. The van der Waals surface area contributed by atoms with E-state index in [1.165, 1.54) is 0 Å². The van der Waals surface area contributed by atoms with Crippen molar-refractivity contribution in [2.75, 3.05) is 0 Å². The van der Waals surface area contributed by atoms with Crippen LogP contribution in [0.1, 0.15) is 58.3 Å². The number of unbranched alkanes of at least 4 members (excludes halogenated alkanes) is 4. The van der Waals surface area contributed by atoms with Gasteiger partial charge in [-0.2, -0.15) is 0 Å². The molecule has 0 aromatic heterocycles. The number of carboxylic acids is 2. The zero-order chi connectivity index (χ0) is 13.8. The van der Waals surface area contributed by atoms with Crippen LogP contribution >= 0.6 is 0 Å². The smallest absolute Gasteiger partial charge is 0.306 e. The van der Waals surface area contributed by atoms with Gasteiger partial charge in [0.15, 0.2) is 0 Å². The molecule has 18 heavy (non-hydrogen) atoms. The highest BCUT2D eigenvalue weighted by Gasteiger charge is 2.14. The van der Waals surface area contributed by atoms with E-state index in [2.05, 4.69) is 0 Å². The van der Waals surface area contributed by atoms with Gasteiger partial charge in [-0.15, -0.1) is 0 Å². The molecule has 0 saturated carbocycles. The third kappa shape index (κ3) is 9.87. The molecule has 0 aliphatic carbocycles. The molecule has 0 heterocycles. The topological polar surface area (TPSA) is 74.6 Å². The van der Waals surface area contributed by atoms with Crippen molar-refractivity contribution in [3.8, 4) is 0 Å². The van der Waals surface area contributed by atoms with Gasteiger partial charge >= 0.3 is 11.9 Å². The average Bonchev–Trinajstić information content (AvgIpc) is 2.30. The summed E-state index contributed by atoms with van der Waals surface area (Å²) in [5.74, 6) is -1.74. The maximum Gasteiger partial charge on any atom is 0.306 e. The minimum absolute atomic E-state index is 0.235. The van der Waals surface area contributed by atoms with Crippen molar-refractivity contribution in [3.63, 3.8) is 0 Å². The van der Waals surface area contributed by atoms with Gasteiger partial charge in [0.1, 0.15) is 0 Å². The van der Waals surface area contributed by atoms with Crippen molar-refractivity contribution in [1.29, 1.82) is 0 Å². The van der Waals surface area contributed by atoms with Gasteiger partial charge in [0, 0.05) is 6.42 Å². The first-order chi connectivity index (χ1) is 8.57. The number of carbonyl (C=O) groups is 2. The highest BCUT2D eigenvalue weighted by molar-refractivity contribution is 5.70. The van der Waals surface area contributed by atoms with Gasteiger partial charge in [-0.3, -0.25) is 9.59 Å². The molecular weight excluding hydrogens is 232 g/mol. The Labute approximate surface area is 109 Å². The van der Waals surface area contributed by atoms with Crippen LogP contribution in [-0.2, 0) is 9.59 Å². The second-order valence-corrected chi connectivity index (χ2v) is 4.54. The summed E-state index contributed by atoms with van der Waals surface area (Å²) in [6, 6.07) is 0. The molecule has 0 rings (SSSR count). The summed E-state index contributed by atoms with van der Waals surface area (Å²) < 4.78 is 0. The van der Waals surface area contributed by atoms with Gasteiger partial charge in [-0.05, 0) is 26.2 Å². The highest BCUT2D eigenvalue weighted by atomic mass is 16.4. The van der Waals surface area contributed by atoms with E-state index in [1.54, 1.807) is 0 Å². The van der Waals surface area contributed by atoms with E-state index < -0.39 is 11.9 Å². The van der Waals surface area contributed by atoms with E-state index in [-0.39, 0.29) is 12.3 Å². The Balaban J connectivity index is 3.55. The molecule has 0 radical (unpaired) electrons. The second kappa shape index (κ2) is 10.8. The third-order valence-electron chi connectivity index (χ3n) is 2.95. The standard InChI is InChI=1S/C14H24O4/c1-2-3-9-12(14(17)18)10-7-5-4-6-8-11-13(15)16/h2-3,12H,4-11H2,1H3,(H,15,16)(H,17,18). The van der Waals surface area contributed by atoms with Gasteiger partial charge in [0.05, 0.1) is 5.92 Å². The minimum Gasteiger partial charge on any atom is -0.481 e. The Hall–Kier alpha value is -1.32. The van der Waals surface area contributed by atoms with E-state index >= 15 is 0 Å². The number of aliphatic carboxylic acids is 2. The SMILES string of the molecule is CC=CCC(CCCCCCCC(=O)O)C(=O)O. The highest BCUT2D eigenvalue weighted by Crippen LogP contribution is 2.16. The monoisotopic (exact) mass is 256 g/mol. The predicted molar refractivity (Wildman–Crippen MR) is 70.5 cm³/mol. The van der Waals surface area contributed by atoms with Crippen LogP contribution < -0.4 is 0 Å². The molecule has 0 aliphatic rings. The van der Waals surface area contributed by atoms with Gasteiger partial charge in [-0.25, -0.2) is 0 Å². The fourth-order valence-corrected chi connectivity index (χ4v) is 1.84. The number of rotatable bonds is 11. The van der Waals surface area contributed by atoms with Crippen molar-refractivity contribution >= 4 is 11.9 Å². The fraction of sp³-hybridized carbons (Fsp3) is 0.714. The molecule has 1 unspecified atom stereocenters. The molecule has 0 aliphatic heterocycles. The summed E-state index contributed by atoms with van der Waals surface area (Å²) in [6.07, 6.45) is 9.83. The van der Waals surface area contributed by atoms with Crippen molar-refractivity contribution in [2.45, 2.75) is 58.3 Å².